The number of nitrogens with one attached hydrogen (secondary N) is 2. The van der Waals surface area contributed by atoms with Gasteiger partial charge in [0.05, 0.1) is 24.8 Å². The van der Waals surface area contributed by atoms with Crippen LogP contribution >= 0.6 is 0 Å². The Balaban J connectivity index is 1.28. The zero-order valence-electron chi connectivity index (χ0n) is 24.5. The molecule has 1 aromatic carbocycles. The van der Waals surface area contributed by atoms with Crippen molar-refractivity contribution in [1.82, 2.24) is 25.3 Å². The first-order valence-electron chi connectivity index (χ1n) is 14.7. The van der Waals surface area contributed by atoms with Gasteiger partial charge in [-0.3, -0.25) is 14.5 Å². The lowest BCUT2D eigenvalue weighted by Crippen LogP contribution is -2.78. The van der Waals surface area contributed by atoms with Gasteiger partial charge in [-0.15, -0.1) is 0 Å². The molecule has 3 unspecified atom stereocenters. The van der Waals surface area contributed by atoms with Gasteiger partial charge in [-0.1, -0.05) is 39.3 Å². The highest BCUT2D eigenvalue weighted by molar-refractivity contribution is 6.02. The molecule has 6 rings (SSSR count). The van der Waals surface area contributed by atoms with Crippen LogP contribution in [0.15, 0.2) is 28.2 Å². The zero-order valence-corrected chi connectivity index (χ0v) is 24.5. The number of aliphatic hydroxyl groups is 2. The molecule has 232 valence electrons. The molecule has 15 nitrogen and oxygen atoms in total. The van der Waals surface area contributed by atoms with Crippen LogP contribution in [0.2, 0.25) is 0 Å². The van der Waals surface area contributed by atoms with Gasteiger partial charge < -0.3 is 46.9 Å². The number of ether oxygens (including phenoxy) is 1. The Morgan fingerprint density at radius 1 is 1.23 bits per heavy atom. The van der Waals surface area contributed by atoms with Gasteiger partial charge in [0.15, 0.2) is 17.6 Å². The van der Waals surface area contributed by atoms with Crippen LogP contribution in [0.5, 0.6) is 5.75 Å². The molecule has 2 saturated heterocycles. The second kappa shape index (κ2) is 9.98. The first kappa shape index (κ1) is 29.0. The van der Waals surface area contributed by atoms with Crippen molar-refractivity contribution in [3.05, 3.63) is 29.3 Å². The number of para-hydroxylation sites is 1. The molecule has 15 heteroatoms. The molecule has 2 fully saturated rings. The van der Waals surface area contributed by atoms with Gasteiger partial charge >= 0.3 is 6.03 Å². The number of carbonyl (C=O) groups is 3. The molecular formula is C28H39N9O6. The Labute approximate surface area is 248 Å². The third kappa shape index (κ3) is 4.27. The average molecular weight is 598 g/mol. The summed E-state index contributed by atoms with van der Waals surface area (Å²) in [7, 11) is 0. The first-order valence-corrected chi connectivity index (χ1v) is 14.7. The van der Waals surface area contributed by atoms with Gasteiger partial charge in [0.2, 0.25) is 11.7 Å². The number of carbonyl (C=O) groups excluding carboxylic acids is 3. The summed E-state index contributed by atoms with van der Waals surface area (Å²) < 4.78 is 5.90. The van der Waals surface area contributed by atoms with Crippen molar-refractivity contribution in [3.63, 3.8) is 0 Å². The van der Waals surface area contributed by atoms with Crippen LogP contribution < -0.4 is 26.8 Å². The van der Waals surface area contributed by atoms with Crippen LogP contribution in [0.4, 0.5) is 4.79 Å². The predicted molar refractivity (Wildman–Crippen MR) is 155 cm³/mol. The molecule has 5 heterocycles. The largest absolute Gasteiger partial charge is 0.492 e. The molecule has 0 bridgehead atoms. The molecule has 5 aliphatic rings. The number of aliphatic imine (C=N–C) groups is 2. The third-order valence-corrected chi connectivity index (χ3v) is 9.35. The number of imide groups is 1. The number of benzene rings is 1. The van der Waals surface area contributed by atoms with E-state index in [0.717, 1.165) is 29.7 Å². The molecule has 8 N–H and O–H groups in total. The maximum atomic E-state index is 13.6. The summed E-state index contributed by atoms with van der Waals surface area (Å²) in [5.74, 6) is -3.32. The number of rotatable bonds is 7. The summed E-state index contributed by atoms with van der Waals surface area (Å²) in [5, 5.41) is 29.2. The summed E-state index contributed by atoms with van der Waals surface area (Å²) in [6, 6.07) is 1.61. The molecule has 0 radical (unpaired) electrons. The van der Waals surface area contributed by atoms with E-state index in [-0.39, 0.29) is 48.4 Å². The van der Waals surface area contributed by atoms with Gasteiger partial charge in [-0.25, -0.2) is 14.8 Å². The molecule has 43 heavy (non-hydrogen) atoms. The van der Waals surface area contributed by atoms with Crippen molar-refractivity contribution in [1.29, 1.82) is 0 Å². The molecule has 0 saturated carbocycles. The lowest BCUT2D eigenvalue weighted by atomic mass is 9.79. The molecule has 0 aliphatic carbocycles. The SMILES string of the molecule is CCCCN1CC(=O)N(C[C@@H]2N=C(N)N3CC(NC(=O)c4cccc5c4OCCC5(C)C)C(O)(O)C34NC(N)=NC24)C1=O. The lowest BCUT2D eigenvalue weighted by Gasteiger charge is -2.49. The van der Waals surface area contributed by atoms with E-state index in [4.69, 9.17) is 16.2 Å². The summed E-state index contributed by atoms with van der Waals surface area (Å²) in [5.41, 5.74) is 11.6. The fraction of sp³-hybridized carbons (Fsp3) is 0.607. The number of guanidine groups is 2. The van der Waals surface area contributed by atoms with Crippen LogP contribution in [0.1, 0.15) is 56.0 Å². The number of amides is 4. The van der Waals surface area contributed by atoms with E-state index in [1.165, 1.54) is 9.80 Å². The van der Waals surface area contributed by atoms with E-state index in [9.17, 15) is 24.6 Å². The predicted octanol–water partition coefficient (Wildman–Crippen LogP) is -1.41. The normalized spacial score (nSPS) is 30.2. The second-order valence-electron chi connectivity index (χ2n) is 12.5. The topological polar surface area (TPSA) is 211 Å². The standard InChI is InChI=1S/C28H39N9O6/c1-4-5-10-35-14-19(38)36(25(35)40)12-17-21-27(34-23(29)33-21)28(41,42)18(13-37(27)24(30)31-17)32-22(39)15-7-6-8-16-20(15)43-11-9-26(16,2)3/h6-8,17-18,21,41-42H,4-5,9-14H2,1-3H3,(H2,30,31)(H,32,39)(H3,29,33,34)/t17-,18?,21?,27?/m0/s1. The van der Waals surface area contributed by atoms with E-state index >= 15 is 0 Å². The first-order chi connectivity index (χ1) is 20.3. The van der Waals surface area contributed by atoms with Crippen molar-refractivity contribution in [2.75, 3.05) is 32.8 Å². The number of unbranched alkanes of at least 4 members (excludes halogenated alkanes) is 1. The maximum absolute atomic E-state index is 13.6. The van der Waals surface area contributed by atoms with Crippen LogP contribution in [-0.2, 0) is 10.2 Å². The molecule has 4 atom stereocenters. The Morgan fingerprint density at radius 3 is 2.74 bits per heavy atom. The second-order valence-corrected chi connectivity index (χ2v) is 12.5. The highest BCUT2D eigenvalue weighted by atomic mass is 16.5. The van der Waals surface area contributed by atoms with Crippen molar-refractivity contribution in [2.24, 2.45) is 21.5 Å². The molecule has 5 aliphatic heterocycles. The van der Waals surface area contributed by atoms with Gasteiger partial charge in [-0.2, -0.15) is 0 Å². The molecular weight excluding hydrogens is 558 g/mol. The fourth-order valence-corrected chi connectivity index (χ4v) is 6.90. The van der Waals surface area contributed by atoms with E-state index in [2.05, 4.69) is 34.5 Å². The van der Waals surface area contributed by atoms with E-state index < -0.39 is 41.5 Å². The van der Waals surface area contributed by atoms with Crippen molar-refractivity contribution in [2.45, 2.75) is 75.0 Å². The monoisotopic (exact) mass is 597 g/mol. The molecule has 1 spiro atoms. The van der Waals surface area contributed by atoms with Crippen molar-refractivity contribution >= 4 is 29.8 Å². The van der Waals surface area contributed by atoms with E-state index in [1.807, 2.05) is 13.0 Å². The number of nitrogens with two attached hydrogens (primary N) is 2. The Bertz CT molecular complexity index is 1430. The minimum absolute atomic E-state index is 0.0432. The van der Waals surface area contributed by atoms with E-state index in [1.54, 1.807) is 12.1 Å². The Hall–Kier alpha value is -4.11. The Morgan fingerprint density at radius 2 is 2.00 bits per heavy atom. The minimum Gasteiger partial charge on any atom is -0.492 e. The molecule has 1 aromatic rings. The summed E-state index contributed by atoms with van der Waals surface area (Å²) in [6.07, 6.45) is 2.42. The van der Waals surface area contributed by atoms with Crippen LogP contribution in [0.25, 0.3) is 0 Å². The quantitative estimate of drug-likeness (QED) is 0.160. The maximum Gasteiger partial charge on any atom is 0.327 e. The number of urea groups is 1. The number of hydrogen-bond acceptors (Lipinski definition) is 12. The summed E-state index contributed by atoms with van der Waals surface area (Å²) in [4.78, 5) is 52.4. The number of hydrogen-bond donors (Lipinski definition) is 6. The highest BCUT2D eigenvalue weighted by Crippen LogP contribution is 2.45. The zero-order chi connectivity index (χ0) is 30.9. The third-order valence-electron chi connectivity index (χ3n) is 9.35. The summed E-state index contributed by atoms with van der Waals surface area (Å²) >= 11 is 0. The van der Waals surface area contributed by atoms with Crippen molar-refractivity contribution < 1.29 is 29.3 Å². The lowest BCUT2D eigenvalue weighted by molar-refractivity contribution is -0.230. The van der Waals surface area contributed by atoms with Crippen LogP contribution in [-0.4, -0.2) is 117 Å². The summed E-state index contributed by atoms with van der Waals surface area (Å²) in [6.45, 7) is 6.69. The number of nitrogens with zero attached hydrogens (tertiary/aromatic N) is 5. The number of fused-ring (bicyclic) bond motifs is 1. The van der Waals surface area contributed by atoms with Gasteiger partial charge in [0.1, 0.15) is 24.4 Å². The Kier molecular flexibility index (Phi) is 6.73. The van der Waals surface area contributed by atoms with Crippen LogP contribution in [0, 0.1) is 0 Å². The smallest absolute Gasteiger partial charge is 0.327 e. The van der Waals surface area contributed by atoms with Crippen LogP contribution in [0.3, 0.4) is 0 Å². The highest BCUT2D eigenvalue weighted by Gasteiger charge is 2.73. The van der Waals surface area contributed by atoms with Gasteiger partial charge in [-0.05, 0) is 24.3 Å². The fourth-order valence-electron chi connectivity index (χ4n) is 6.90. The van der Waals surface area contributed by atoms with Gasteiger partial charge in [0.25, 0.3) is 5.91 Å². The minimum atomic E-state index is -2.67. The molecule has 4 amide bonds. The van der Waals surface area contributed by atoms with Gasteiger partial charge in [0, 0.05) is 18.7 Å². The molecule has 0 aromatic heterocycles. The average Bonchev–Trinajstić information content (AvgIpc) is 3.52. The van der Waals surface area contributed by atoms with E-state index in [0.29, 0.717) is 18.9 Å². The van der Waals surface area contributed by atoms with Crippen molar-refractivity contribution in [3.8, 4) is 5.75 Å².